The van der Waals surface area contributed by atoms with E-state index in [1.165, 1.54) is 0 Å². The molecular formula is C6H4F3O2P. The predicted octanol–water partition coefficient (Wildman–Crippen LogP) is 3.25. The zero-order chi connectivity index (χ0) is 9.19. The maximum Gasteiger partial charge on any atom is 0.610 e. The lowest BCUT2D eigenvalue weighted by Crippen LogP contribution is -1.82. The molecule has 0 heterocycles. The third kappa shape index (κ3) is 2.96. The van der Waals surface area contributed by atoms with Gasteiger partial charge in [-0.05, 0) is 24.3 Å². The minimum absolute atomic E-state index is 0.315. The summed E-state index contributed by atoms with van der Waals surface area (Å²) in [6, 6.07) is 3.82. The molecule has 0 atom stereocenters. The maximum absolute atomic E-state index is 12.2. The van der Waals surface area contributed by atoms with Gasteiger partial charge in [0.2, 0.25) is 0 Å². The van der Waals surface area contributed by atoms with Gasteiger partial charge in [0.15, 0.2) is 0 Å². The van der Waals surface area contributed by atoms with E-state index in [1.807, 2.05) is 0 Å². The first-order chi connectivity index (χ1) is 5.47. The van der Waals surface area contributed by atoms with Crippen LogP contribution in [0.5, 0.6) is 5.75 Å². The Bertz CT molecular complexity index is 305. The summed E-state index contributed by atoms with van der Waals surface area (Å²) in [5.74, 6) is -0.889. The minimum atomic E-state index is -5.53. The molecule has 1 aromatic carbocycles. The molecule has 0 fully saturated rings. The molecule has 0 radical (unpaired) electrons. The van der Waals surface area contributed by atoms with Crippen LogP contribution in [-0.2, 0) is 4.57 Å². The Morgan fingerprint density at radius 1 is 1.17 bits per heavy atom. The molecule has 0 aliphatic rings. The van der Waals surface area contributed by atoms with Gasteiger partial charge in [-0.2, -0.15) is 0 Å². The number of rotatable bonds is 2. The first-order valence-electron chi connectivity index (χ1n) is 2.92. The summed E-state index contributed by atoms with van der Waals surface area (Å²) < 4.78 is 49.2. The molecule has 0 saturated heterocycles. The van der Waals surface area contributed by atoms with Crippen LogP contribution in [0.15, 0.2) is 24.3 Å². The second kappa shape index (κ2) is 3.19. The number of hydrogen-bond donors (Lipinski definition) is 0. The molecule has 66 valence electrons. The second-order valence-corrected chi connectivity index (χ2v) is 2.97. The Balaban J connectivity index is 2.78. The van der Waals surface area contributed by atoms with Gasteiger partial charge in [0, 0.05) is 0 Å². The van der Waals surface area contributed by atoms with Crippen molar-refractivity contribution in [3.05, 3.63) is 30.1 Å². The second-order valence-electron chi connectivity index (χ2n) is 1.96. The van der Waals surface area contributed by atoms with Crippen molar-refractivity contribution in [2.24, 2.45) is 0 Å². The van der Waals surface area contributed by atoms with Crippen LogP contribution in [0.3, 0.4) is 0 Å². The van der Waals surface area contributed by atoms with Crippen LogP contribution in [0.2, 0.25) is 0 Å². The fourth-order valence-electron chi connectivity index (χ4n) is 0.618. The van der Waals surface area contributed by atoms with Crippen molar-refractivity contribution in [1.29, 1.82) is 0 Å². The highest BCUT2D eigenvalue weighted by atomic mass is 31.2. The van der Waals surface area contributed by atoms with Gasteiger partial charge in [-0.15, -0.1) is 8.39 Å². The molecular weight excluding hydrogens is 192 g/mol. The summed E-state index contributed by atoms with van der Waals surface area (Å²) in [5.41, 5.74) is 0. The van der Waals surface area contributed by atoms with Gasteiger partial charge in [0.25, 0.3) is 0 Å². The predicted molar refractivity (Wildman–Crippen MR) is 36.9 cm³/mol. The molecule has 0 bridgehead atoms. The summed E-state index contributed by atoms with van der Waals surface area (Å²) in [5, 5.41) is 0. The minimum Gasteiger partial charge on any atom is -0.398 e. The van der Waals surface area contributed by atoms with E-state index in [1.54, 1.807) is 0 Å². The van der Waals surface area contributed by atoms with Crippen LogP contribution in [-0.4, -0.2) is 0 Å². The third-order valence-corrected chi connectivity index (χ3v) is 1.45. The molecule has 1 aromatic rings. The van der Waals surface area contributed by atoms with Crippen LogP contribution in [0.4, 0.5) is 12.8 Å². The topological polar surface area (TPSA) is 26.3 Å². The van der Waals surface area contributed by atoms with Crippen LogP contribution in [0.1, 0.15) is 0 Å². The number of halogens is 3. The van der Waals surface area contributed by atoms with Crippen molar-refractivity contribution in [2.75, 3.05) is 0 Å². The SMILES string of the molecule is O=P(F)(F)Oc1ccc(F)cc1. The molecule has 0 aromatic heterocycles. The van der Waals surface area contributed by atoms with Crippen molar-refractivity contribution < 1.29 is 21.9 Å². The van der Waals surface area contributed by atoms with Gasteiger partial charge in [0.05, 0.1) is 0 Å². The number of benzene rings is 1. The van der Waals surface area contributed by atoms with Crippen LogP contribution in [0, 0.1) is 5.82 Å². The molecule has 0 aliphatic heterocycles. The van der Waals surface area contributed by atoms with Gasteiger partial charge in [0.1, 0.15) is 11.6 Å². The van der Waals surface area contributed by atoms with E-state index < -0.39 is 13.8 Å². The zero-order valence-electron chi connectivity index (χ0n) is 5.71. The lowest BCUT2D eigenvalue weighted by molar-refractivity contribution is 0.383. The molecule has 1 rings (SSSR count). The highest BCUT2D eigenvalue weighted by molar-refractivity contribution is 7.48. The summed E-state index contributed by atoms with van der Waals surface area (Å²) in [6.07, 6.45) is 0. The van der Waals surface area contributed by atoms with E-state index in [9.17, 15) is 17.3 Å². The Labute approximate surface area is 66.7 Å². The van der Waals surface area contributed by atoms with E-state index in [2.05, 4.69) is 4.52 Å². The first-order valence-corrected chi connectivity index (χ1v) is 4.32. The lowest BCUT2D eigenvalue weighted by Gasteiger charge is -2.01. The van der Waals surface area contributed by atoms with Gasteiger partial charge in [-0.3, -0.25) is 0 Å². The van der Waals surface area contributed by atoms with E-state index in [0.717, 1.165) is 24.3 Å². The molecule has 2 nitrogen and oxygen atoms in total. The van der Waals surface area contributed by atoms with Gasteiger partial charge in [-0.25, -0.2) is 8.96 Å². The van der Waals surface area contributed by atoms with Crippen LogP contribution in [0.25, 0.3) is 0 Å². The standard InChI is InChI=1S/C6H4F3O2P/c7-5-1-3-6(4-2-5)11-12(8,9)10/h1-4H. The summed E-state index contributed by atoms with van der Waals surface area (Å²) >= 11 is 0. The average molecular weight is 196 g/mol. The van der Waals surface area contributed by atoms with Crippen LogP contribution < -0.4 is 4.52 Å². The Morgan fingerprint density at radius 3 is 2.08 bits per heavy atom. The smallest absolute Gasteiger partial charge is 0.398 e. The molecule has 0 saturated carbocycles. The Kier molecular flexibility index (Phi) is 2.43. The molecule has 6 heteroatoms. The summed E-state index contributed by atoms with van der Waals surface area (Å²) in [4.78, 5) is 0. The van der Waals surface area contributed by atoms with Crippen molar-refractivity contribution in [3.63, 3.8) is 0 Å². The molecule has 0 amide bonds. The molecule has 0 aliphatic carbocycles. The van der Waals surface area contributed by atoms with Crippen molar-refractivity contribution in [2.45, 2.75) is 0 Å². The molecule has 0 spiro atoms. The van der Waals surface area contributed by atoms with Crippen LogP contribution >= 0.6 is 7.99 Å². The first kappa shape index (κ1) is 9.13. The molecule has 0 unspecified atom stereocenters. The average Bonchev–Trinajstić information content (AvgIpc) is 1.91. The highest BCUT2D eigenvalue weighted by Crippen LogP contribution is 2.49. The maximum atomic E-state index is 12.2. The number of hydrogen-bond acceptors (Lipinski definition) is 2. The largest absolute Gasteiger partial charge is 0.610 e. The van der Waals surface area contributed by atoms with Gasteiger partial charge >= 0.3 is 7.99 Å². The Morgan fingerprint density at radius 2 is 1.67 bits per heavy atom. The van der Waals surface area contributed by atoms with Gasteiger partial charge < -0.3 is 4.52 Å². The molecule has 0 N–H and O–H groups in total. The quantitative estimate of drug-likeness (QED) is 0.678. The molecule has 12 heavy (non-hydrogen) atoms. The highest BCUT2D eigenvalue weighted by Gasteiger charge is 2.22. The summed E-state index contributed by atoms with van der Waals surface area (Å²) in [7, 11) is -5.53. The van der Waals surface area contributed by atoms with Gasteiger partial charge in [-0.1, -0.05) is 0 Å². The fraction of sp³-hybridized carbons (Fsp3) is 0. The van der Waals surface area contributed by atoms with Crippen molar-refractivity contribution in [3.8, 4) is 5.75 Å². The fourth-order valence-corrected chi connectivity index (χ4v) is 0.985. The third-order valence-electron chi connectivity index (χ3n) is 1.03. The Hall–Kier alpha value is -0.960. The lowest BCUT2D eigenvalue weighted by atomic mass is 10.3. The summed E-state index contributed by atoms with van der Waals surface area (Å²) in [6.45, 7) is 0. The van der Waals surface area contributed by atoms with Crippen molar-refractivity contribution >= 4 is 7.99 Å². The van der Waals surface area contributed by atoms with E-state index in [-0.39, 0.29) is 5.75 Å². The van der Waals surface area contributed by atoms with E-state index >= 15 is 0 Å². The monoisotopic (exact) mass is 196 g/mol. The van der Waals surface area contributed by atoms with E-state index in [4.69, 9.17) is 0 Å². The van der Waals surface area contributed by atoms with Crippen molar-refractivity contribution in [1.82, 2.24) is 0 Å². The van der Waals surface area contributed by atoms with E-state index in [0.29, 0.717) is 0 Å². The zero-order valence-corrected chi connectivity index (χ0v) is 6.60. The normalized spacial score (nSPS) is 11.2.